The fourth-order valence-electron chi connectivity index (χ4n) is 5.44. The molecule has 0 aromatic carbocycles. The molecule has 1 aromatic heterocycles. The third kappa shape index (κ3) is 4.36. The van der Waals surface area contributed by atoms with Crippen LogP contribution in [0, 0.1) is 10.8 Å². The number of ether oxygens (including phenoxy) is 1. The van der Waals surface area contributed by atoms with E-state index in [0.29, 0.717) is 5.92 Å². The van der Waals surface area contributed by atoms with Crippen molar-refractivity contribution in [3.63, 3.8) is 0 Å². The zero-order chi connectivity index (χ0) is 21.4. The Morgan fingerprint density at radius 3 is 2.40 bits per heavy atom. The SMILES string of the molecule is COCCN1CCN(c2cccc(C3CCC4=C(C3)C(C)(C)C=CC4(C)C)n2)CC1. The normalized spacial score (nSPS) is 26.0. The Hall–Kier alpha value is -1.65. The van der Waals surface area contributed by atoms with Gasteiger partial charge in [0.1, 0.15) is 5.82 Å². The molecule has 0 saturated carbocycles. The van der Waals surface area contributed by atoms with Crippen molar-refractivity contribution < 1.29 is 4.74 Å². The monoisotopic (exact) mass is 409 g/mol. The number of allylic oxidation sites excluding steroid dienone is 4. The predicted octanol–water partition coefficient (Wildman–Crippen LogP) is 5.04. The Labute approximate surface area is 183 Å². The Morgan fingerprint density at radius 1 is 1.00 bits per heavy atom. The van der Waals surface area contributed by atoms with Gasteiger partial charge in [0.05, 0.1) is 6.61 Å². The second-order valence-electron chi connectivity index (χ2n) is 10.4. The quantitative estimate of drug-likeness (QED) is 0.637. The Morgan fingerprint density at radius 2 is 1.70 bits per heavy atom. The number of anilines is 1. The van der Waals surface area contributed by atoms with E-state index in [-0.39, 0.29) is 10.8 Å². The van der Waals surface area contributed by atoms with Gasteiger partial charge < -0.3 is 9.64 Å². The van der Waals surface area contributed by atoms with Crippen molar-refractivity contribution in [2.24, 2.45) is 10.8 Å². The summed E-state index contributed by atoms with van der Waals surface area (Å²) in [4.78, 5) is 10.1. The molecule has 1 unspecified atom stereocenters. The highest BCUT2D eigenvalue weighted by molar-refractivity contribution is 5.43. The van der Waals surface area contributed by atoms with E-state index >= 15 is 0 Å². The minimum atomic E-state index is 0.166. The molecule has 1 saturated heterocycles. The van der Waals surface area contributed by atoms with Gasteiger partial charge in [-0.2, -0.15) is 0 Å². The van der Waals surface area contributed by atoms with Crippen molar-refractivity contribution >= 4 is 5.82 Å². The summed E-state index contributed by atoms with van der Waals surface area (Å²) in [5.41, 5.74) is 4.98. The van der Waals surface area contributed by atoms with Crippen molar-refractivity contribution in [2.45, 2.75) is 52.9 Å². The zero-order valence-electron chi connectivity index (χ0n) is 19.6. The van der Waals surface area contributed by atoms with Crippen LogP contribution in [-0.2, 0) is 4.74 Å². The van der Waals surface area contributed by atoms with Crippen LogP contribution in [0.5, 0.6) is 0 Å². The van der Waals surface area contributed by atoms with E-state index in [1.54, 1.807) is 18.3 Å². The second-order valence-corrected chi connectivity index (χ2v) is 10.4. The highest BCUT2D eigenvalue weighted by Gasteiger charge is 2.38. The zero-order valence-corrected chi connectivity index (χ0v) is 19.6. The van der Waals surface area contributed by atoms with Gasteiger partial charge in [0.2, 0.25) is 0 Å². The summed E-state index contributed by atoms with van der Waals surface area (Å²) >= 11 is 0. The fourth-order valence-corrected chi connectivity index (χ4v) is 5.44. The molecule has 1 atom stereocenters. The van der Waals surface area contributed by atoms with Crippen LogP contribution >= 0.6 is 0 Å². The first-order valence-corrected chi connectivity index (χ1v) is 11.7. The van der Waals surface area contributed by atoms with Crippen molar-refractivity contribution in [3.05, 3.63) is 47.2 Å². The summed E-state index contributed by atoms with van der Waals surface area (Å²) < 4.78 is 5.23. The maximum Gasteiger partial charge on any atom is 0.128 e. The molecule has 2 heterocycles. The molecule has 4 rings (SSSR count). The molecular formula is C26H39N3O. The molecule has 1 aromatic rings. The lowest BCUT2D eigenvalue weighted by Crippen LogP contribution is -2.47. The molecule has 2 aliphatic carbocycles. The van der Waals surface area contributed by atoms with E-state index in [1.165, 1.54) is 18.5 Å². The number of hydrogen-bond donors (Lipinski definition) is 0. The van der Waals surface area contributed by atoms with Crippen molar-refractivity contribution in [2.75, 3.05) is 51.3 Å². The molecule has 0 N–H and O–H groups in total. The molecule has 1 fully saturated rings. The van der Waals surface area contributed by atoms with Gasteiger partial charge in [-0.15, -0.1) is 0 Å². The third-order valence-corrected chi connectivity index (χ3v) is 7.51. The van der Waals surface area contributed by atoms with Crippen LogP contribution < -0.4 is 4.90 Å². The molecular weight excluding hydrogens is 370 g/mol. The number of methoxy groups -OCH3 is 1. The summed E-state index contributed by atoms with van der Waals surface area (Å²) in [6.07, 6.45) is 8.42. The van der Waals surface area contributed by atoms with Crippen LogP contribution in [0.1, 0.15) is 58.6 Å². The average molecular weight is 410 g/mol. The van der Waals surface area contributed by atoms with Gasteiger partial charge in [-0.05, 0) is 31.4 Å². The molecule has 1 aliphatic heterocycles. The van der Waals surface area contributed by atoms with E-state index in [0.717, 1.165) is 51.6 Å². The second kappa shape index (κ2) is 8.47. The first-order valence-electron chi connectivity index (χ1n) is 11.7. The Bertz CT molecular complexity index is 815. The van der Waals surface area contributed by atoms with Crippen LogP contribution in [0.15, 0.2) is 41.5 Å². The lowest BCUT2D eigenvalue weighted by atomic mass is 9.61. The maximum absolute atomic E-state index is 5.23. The number of aromatic nitrogens is 1. The number of piperazine rings is 1. The van der Waals surface area contributed by atoms with E-state index in [1.807, 2.05) is 0 Å². The van der Waals surface area contributed by atoms with Gasteiger partial charge in [0.25, 0.3) is 0 Å². The summed E-state index contributed by atoms with van der Waals surface area (Å²) in [7, 11) is 1.78. The molecule has 30 heavy (non-hydrogen) atoms. The van der Waals surface area contributed by atoms with Gasteiger partial charge >= 0.3 is 0 Å². The highest BCUT2D eigenvalue weighted by atomic mass is 16.5. The number of hydrogen-bond acceptors (Lipinski definition) is 4. The van der Waals surface area contributed by atoms with Gasteiger partial charge in [-0.1, -0.05) is 57.1 Å². The van der Waals surface area contributed by atoms with Gasteiger partial charge in [-0.3, -0.25) is 4.90 Å². The smallest absolute Gasteiger partial charge is 0.128 e. The van der Waals surface area contributed by atoms with Gasteiger partial charge in [-0.25, -0.2) is 4.98 Å². The van der Waals surface area contributed by atoms with Crippen LogP contribution in [-0.4, -0.2) is 56.3 Å². The van der Waals surface area contributed by atoms with Crippen molar-refractivity contribution in [1.82, 2.24) is 9.88 Å². The largest absolute Gasteiger partial charge is 0.383 e. The van der Waals surface area contributed by atoms with Crippen molar-refractivity contribution in [3.8, 4) is 0 Å². The minimum Gasteiger partial charge on any atom is -0.383 e. The fraction of sp³-hybridized carbons (Fsp3) is 0.654. The maximum atomic E-state index is 5.23. The Kier molecular flexibility index (Phi) is 6.09. The highest BCUT2D eigenvalue weighted by Crippen LogP contribution is 2.52. The summed E-state index contributed by atoms with van der Waals surface area (Å²) in [6.45, 7) is 15.6. The standard InChI is InChI=1S/C26H39N3O/c1-25(2)11-12-26(3,4)22-19-20(9-10-21(22)25)23-7-6-8-24(27-23)29-15-13-28(14-16-29)17-18-30-5/h6-8,11-12,20H,9-10,13-19H2,1-5H3. The van der Waals surface area contributed by atoms with Crippen LogP contribution in [0.2, 0.25) is 0 Å². The lowest BCUT2D eigenvalue weighted by Gasteiger charge is -2.44. The molecule has 0 amide bonds. The topological polar surface area (TPSA) is 28.6 Å². The lowest BCUT2D eigenvalue weighted by molar-refractivity contribution is 0.144. The van der Waals surface area contributed by atoms with E-state index in [2.05, 4.69) is 67.8 Å². The average Bonchev–Trinajstić information content (AvgIpc) is 2.76. The number of rotatable bonds is 5. The minimum absolute atomic E-state index is 0.166. The third-order valence-electron chi connectivity index (χ3n) is 7.51. The summed E-state index contributed by atoms with van der Waals surface area (Å²) in [6, 6.07) is 6.66. The molecule has 4 heteroatoms. The molecule has 3 aliphatic rings. The first kappa shape index (κ1) is 21.6. The summed E-state index contributed by atoms with van der Waals surface area (Å²) in [5, 5.41) is 0. The summed E-state index contributed by atoms with van der Waals surface area (Å²) in [5.74, 6) is 1.69. The van der Waals surface area contributed by atoms with Gasteiger partial charge in [0, 0.05) is 62.3 Å². The number of pyridine rings is 1. The molecule has 4 nitrogen and oxygen atoms in total. The van der Waals surface area contributed by atoms with Gasteiger partial charge in [0.15, 0.2) is 0 Å². The van der Waals surface area contributed by atoms with E-state index < -0.39 is 0 Å². The Balaban J connectivity index is 1.47. The molecule has 0 spiro atoms. The van der Waals surface area contributed by atoms with Crippen molar-refractivity contribution in [1.29, 1.82) is 0 Å². The van der Waals surface area contributed by atoms with E-state index in [9.17, 15) is 0 Å². The van der Waals surface area contributed by atoms with Crippen LogP contribution in [0.25, 0.3) is 0 Å². The van der Waals surface area contributed by atoms with Crippen LogP contribution in [0.4, 0.5) is 5.82 Å². The number of nitrogens with zero attached hydrogens (tertiary/aromatic N) is 3. The first-order chi connectivity index (χ1) is 14.3. The predicted molar refractivity (Wildman–Crippen MR) is 125 cm³/mol. The molecule has 0 bridgehead atoms. The van der Waals surface area contributed by atoms with Crippen LogP contribution in [0.3, 0.4) is 0 Å². The molecule has 0 radical (unpaired) electrons. The van der Waals surface area contributed by atoms with E-state index in [4.69, 9.17) is 9.72 Å². The molecule has 164 valence electrons.